The lowest BCUT2D eigenvalue weighted by atomic mass is 9.79. The van der Waals surface area contributed by atoms with Crippen LogP contribution in [-0.4, -0.2) is 167 Å². The molecule has 0 aliphatic carbocycles. The van der Waals surface area contributed by atoms with Crippen molar-refractivity contribution in [3.8, 4) is 0 Å². The zero-order valence-corrected chi connectivity index (χ0v) is 56.1. The molecule has 2 aliphatic rings. The molecule has 4 aromatic carbocycles. The Hall–Kier alpha value is -7.42. The van der Waals surface area contributed by atoms with Gasteiger partial charge in [-0.1, -0.05) is 43.7 Å². The number of anilines is 2. The van der Waals surface area contributed by atoms with Gasteiger partial charge in [0.2, 0.25) is 27.0 Å². The zero-order valence-electron chi connectivity index (χ0n) is 49.6. The number of hydrogen-bond donors (Lipinski definition) is 9. The molecule has 0 saturated carbocycles. The number of benzene rings is 4. The van der Waals surface area contributed by atoms with E-state index in [0.29, 0.717) is 42.7 Å². The summed E-state index contributed by atoms with van der Waals surface area (Å²) in [4.78, 5) is 40.5. The van der Waals surface area contributed by atoms with Crippen LogP contribution in [0.15, 0.2) is 121 Å². The van der Waals surface area contributed by atoms with E-state index in [9.17, 15) is 101 Å². The Labute approximate surface area is 543 Å². The number of hydrogen-bond acceptors (Lipinski definition) is 23. The number of unbranched alkanes of at least 4 members (excludes halogenated alkanes) is 2. The second kappa shape index (κ2) is 26.6. The van der Waals surface area contributed by atoms with E-state index in [1.807, 2.05) is 0 Å². The number of nitrogens with two attached hydrogens (primary N) is 1. The average Bonchev–Trinajstić information content (AvgIpc) is 1.53. The maximum Gasteiger partial charge on any atom is 0.295 e. The van der Waals surface area contributed by atoms with Crippen LogP contribution < -0.4 is 26.0 Å². The van der Waals surface area contributed by atoms with Gasteiger partial charge < -0.3 is 25.4 Å². The number of aromatic nitrogens is 3. The van der Waals surface area contributed by atoms with Crippen LogP contribution in [0.5, 0.6) is 0 Å². The van der Waals surface area contributed by atoms with Crippen molar-refractivity contribution in [2.24, 2.45) is 5.14 Å². The third-order valence-corrected chi connectivity index (χ3v) is 22.2. The van der Waals surface area contributed by atoms with Crippen molar-refractivity contribution >= 4 is 149 Å². The highest BCUT2D eigenvalue weighted by molar-refractivity contribution is 7.91. The Kier molecular flexibility index (Phi) is 20.5. The second-order valence-electron chi connectivity index (χ2n) is 22.4. The molecule has 0 unspecified atom stereocenters. The molecule has 0 fully saturated rings. The van der Waals surface area contributed by atoms with Crippen LogP contribution in [-0.2, 0) is 91.2 Å². The third kappa shape index (κ3) is 16.6. The number of fused-ring (bicyclic) bond motifs is 6. The van der Waals surface area contributed by atoms with Crippen molar-refractivity contribution in [3.05, 3.63) is 119 Å². The minimum absolute atomic E-state index is 0.0427. The van der Waals surface area contributed by atoms with E-state index in [1.54, 1.807) is 27.7 Å². The molecule has 6 aromatic rings. The largest absolute Gasteiger partial charge is 0.748 e. The molecule has 10 N–H and O–H groups in total. The van der Waals surface area contributed by atoms with Gasteiger partial charge in [0, 0.05) is 89.5 Å². The van der Waals surface area contributed by atoms with E-state index in [1.165, 1.54) is 76.4 Å². The summed E-state index contributed by atoms with van der Waals surface area (Å²) in [6.45, 7) is 5.34. The first-order valence-corrected chi connectivity index (χ1v) is 38.8. The van der Waals surface area contributed by atoms with Gasteiger partial charge in [0.25, 0.3) is 66.5 Å². The van der Waals surface area contributed by atoms with E-state index in [2.05, 4.69) is 31.1 Å². The fourth-order valence-electron chi connectivity index (χ4n) is 11.0. The van der Waals surface area contributed by atoms with Crippen molar-refractivity contribution in [1.82, 2.24) is 25.8 Å². The van der Waals surface area contributed by atoms with Gasteiger partial charge in [-0.3, -0.25) is 42.1 Å². The number of amides is 3. The third-order valence-electron chi connectivity index (χ3n) is 15.2. The summed E-state index contributed by atoms with van der Waals surface area (Å²) in [6, 6.07) is 10.9. The van der Waals surface area contributed by atoms with Crippen molar-refractivity contribution < 1.29 is 105 Å². The van der Waals surface area contributed by atoms with E-state index in [0.717, 1.165) is 12.1 Å². The molecule has 0 atom stereocenters. The molecule has 2 aromatic heterocycles. The lowest BCUT2D eigenvalue weighted by Gasteiger charge is -2.27. The maximum atomic E-state index is 13.5. The Balaban J connectivity index is 1.15. The van der Waals surface area contributed by atoms with Crippen LogP contribution in [0.25, 0.3) is 27.1 Å². The summed E-state index contributed by atoms with van der Waals surface area (Å²) in [5, 5.41) is 18.8. The number of carbonyl (C=O) groups is 3. The maximum absolute atomic E-state index is 13.5. The second-order valence-corrected chi connectivity index (χ2v) is 33.8. The lowest BCUT2D eigenvalue weighted by Crippen LogP contribution is -2.30. The summed E-state index contributed by atoms with van der Waals surface area (Å²) in [5.74, 6) is -3.46. The van der Waals surface area contributed by atoms with Gasteiger partial charge in [0.1, 0.15) is 19.9 Å². The zero-order chi connectivity index (χ0) is 69.7. The van der Waals surface area contributed by atoms with Gasteiger partial charge in [-0.15, -0.1) is 10.2 Å². The van der Waals surface area contributed by atoms with Crippen molar-refractivity contribution in [2.75, 3.05) is 47.9 Å². The van der Waals surface area contributed by atoms with Crippen LogP contribution in [0.2, 0.25) is 0 Å². The lowest BCUT2D eigenvalue weighted by molar-refractivity contribution is -0.432. The summed E-state index contributed by atoms with van der Waals surface area (Å²) in [5.41, 5.74) is -1.74. The minimum Gasteiger partial charge on any atom is -0.748 e. The molecule has 3 amide bonds. The number of nitrogens with one attached hydrogen (secondary N) is 3. The van der Waals surface area contributed by atoms with Gasteiger partial charge in [-0.2, -0.15) is 46.7 Å². The predicted molar refractivity (Wildman–Crippen MR) is 339 cm³/mol. The molecule has 0 bridgehead atoms. The smallest absolute Gasteiger partial charge is 0.295 e. The standard InChI is InChI=1S/C54H59N9O23S8/c1-53(2)44(62(22-24-88(67,68)69)40-15-12-35-37(48(40)53)26-33(91(75,76)77)28-42(35)93(81,82)83)17-10-31(39-14-9-32(30-58-39)50(66)57-20-7-5-6-8-46(64)56-21-19-47(65)59-51-60-61-52(87-51)90(55,73)74)11-18-45-54(3,4)49-38-27-34(92(78,79)80)29-43(94(84,85)86)36(38)13-16-41(49)63(45)23-25-89(70,71)72/h9-18,26-30H,5-8,19-25H2,1-4H3,(H10-,55,56,57,59,60,64,65,66,67,68,69,70,71,72,73,74,75,76,77,78,79,80,81,82,83,84,85,86). The molecular weight excluding hydrogens is 1400 g/mol. The Bertz CT molecular complexity index is 5130. The Morgan fingerprint density at radius 2 is 1.28 bits per heavy atom. The molecule has 8 rings (SSSR count). The predicted octanol–water partition coefficient (Wildman–Crippen LogP) is 3.44. The van der Waals surface area contributed by atoms with Crippen molar-refractivity contribution in [3.63, 3.8) is 0 Å². The van der Waals surface area contributed by atoms with Gasteiger partial charge in [-0.25, -0.2) is 22.0 Å². The molecular formula is C54H59N9O23S8. The molecule has 0 spiro atoms. The van der Waals surface area contributed by atoms with E-state index < -0.39 is 142 Å². The van der Waals surface area contributed by atoms with Gasteiger partial charge in [0.15, 0.2) is 12.3 Å². The molecule has 94 heavy (non-hydrogen) atoms. The Morgan fingerprint density at radius 3 is 1.82 bits per heavy atom. The molecule has 0 saturated heterocycles. The average molecular weight is 1460 g/mol. The van der Waals surface area contributed by atoms with Crippen molar-refractivity contribution in [2.45, 2.75) is 94.6 Å². The Morgan fingerprint density at radius 1 is 0.670 bits per heavy atom. The van der Waals surface area contributed by atoms with E-state index in [4.69, 9.17) is 5.14 Å². The van der Waals surface area contributed by atoms with Crippen LogP contribution in [0.1, 0.15) is 87.0 Å². The molecule has 2 aliphatic heterocycles. The number of allylic oxidation sites excluding steroid dienone is 6. The summed E-state index contributed by atoms with van der Waals surface area (Å²) in [7, 11) is -34.6. The van der Waals surface area contributed by atoms with Gasteiger partial charge in [0.05, 0.1) is 38.0 Å². The molecule has 4 heterocycles. The fourth-order valence-corrected chi connectivity index (χ4v) is 15.9. The fraction of sp³-hybridized carbons (Fsp3) is 0.315. The highest BCUT2D eigenvalue weighted by atomic mass is 32.3. The number of primary sulfonamides is 1. The van der Waals surface area contributed by atoms with Crippen molar-refractivity contribution in [1.29, 1.82) is 0 Å². The first kappa shape index (κ1) is 72.4. The SMILES string of the molecule is CC1(C)C(/C=C/C(=C/C=C2/N(CCS(=O)(=O)O)c3ccc4c(S(=O)(=O)O)cc(S(=O)(=O)O)cc4c3C2(C)C)c2ccc(C(=O)NCCCCCC(=O)NCCC(=O)Nc3nnc(S(N)(=O)=O)s3)cn2)=[N+](CCS(=O)(=O)[O-])c2ccc3c(S(=O)(=O)O)cc(S(=O)(=O)O)cc3c21. The monoisotopic (exact) mass is 1460 g/mol. The number of rotatable bonds is 26. The normalized spacial score (nSPS) is 15.9. The van der Waals surface area contributed by atoms with Gasteiger partial charge in [-0.05, 0) is 104 Å². The molecule has 40 heteroatoms. The number of nitrogens with zero attached hydrogens (tertiary/aromatic N) is 5. The minimum atomic E-state index is -5.21. The van der Waals surface area contributed by atoms with E-state index in [-0.39, 0.29) is 109 Å². The van der Waals surface area contributed by atoms with Crippen LogP contribution in [0, 0.1) is 0 Å². The molecule has 32 nitrogen and oxygen atoms in total. The topological polar surface area (TPSA) is 521 Å². The summed E-state index contributed by atoms with van der Waals surface area (Å²) in [6.07, 6.45) is 8.19. The number of carbonyl (C=O) groups excluding carboxylic acids is 3. The van der Waals surface area contributed by atoms with E-state index >= 15 is 0 Å². The van der Waals surface area contributed by atoms with Crippen LogP contribution >= 0.6 is 11.3 Å². The highest BCUT2D eigenvalue weighted by Gasteiger charge is 2.47. The number of sulfonamides is 1. The van der Waals surface area contributed by atoms with Gasteiger partial charge >= 0.3 is 0 Å². The summed E-state index contributed by atoms with van der Waals surface area (Å²) < 4.78 is 238. The molecule has 0 radical (unpaired) electrons. The van der Waals surface area contributed by atoms with Crippen LogP contribution in [0.4, 0.5) is 16.5 Å². The quantitative estimate of drug-likeness (QED) is 0.0123. The first-order valence-electron chi connectivity index (χ1n) is 27.5. The first-order chi connectivity index (χ1) is 43.3. The number of pyridine rings is 1. The molecule has 506 valence electrons. The highest BCUT2D eigenvalue weighted by Crippen LogP contribution is 2.52. The van der Waals surface area contributed by atoms with Crippen LogP contribution in [0.3, 0.4) is 0 Å². The summed E-state index contributed by atoms with van der Waals surface area (Å²) >= 11 is 0.550.